The summed E-state index contributed by atoms with van der Waals surface area (Å²) in [6.45, 7) is 1.41. The molecule has 148 valence electrons. The van der Waals surface area contributed by atoms with Crippen LogP contribution in [-0.2, 0) is 19.6 Å². The molecule has 1 atom stereocenters. The largest absolute Gasteiger partial charge is 0.352 e. The predicted octanol–water partition coefficient (Wildman–Crippen LogP) is 1.10. The molecule has 1 saturated carbocycles. The number of hydrogen-bond acceptors (Lipinski definition) is 4. The smallest absolute Gasteiger partial charge is 0.243 e. The van der Waals surface area contributed by atoms with Crippen molar-refractivity contribution in [2.75, 3.05) is 25.9 Å². The maximum Gasteiger partial charge on any atom is 0.243 e. The highest BCUT2D eigenvalue weighted by Gasteiger charge is 2.39. The first-order chi connectivity index (χ1) is 12.4. The fraction of sp³-hybridized carbons (Fsp3) is 0.889. The van der Waals surface area contributed by atoms with Gasteiger partial charge in [-0.3, -0.25) is 9.59 Å². The van der Waals surface area contributed by atoms with Crippen LogP contribution in [0, 0.1) is 5.92 Å². The molecule has 26 heavy (non-hydrogen) atoms. The topological polar surface area (TPSA) is 86.8 Å². The Kier molecular flexibility index (Phi) is 6.22. The highest BCUT2D eigenvalue weighted by Crippen LogP contribution is 2.27. The Morgan fingerprint density at radius 1 is 0.885 bits per heavy atom. The molecule has 0 radical (unpaired) electrons. The summed E-state index contributed by atoms with van der Waals surface area (Å²) in [5.41, 5.74) is 0. The number of likely N-dealkylation sites (tertiary alicyclic amines) is 1. The van der Waals surface area contributed by atoms with Crippen LogP contribution in [0.15, 0.2) is 0 Å². The zero-order valence-corrected chi connectivity index (χ0v) is 16.5. The second-order valence-corrected chi connectivity index (χ2v) is 9.95. The number of piperidine rings is 1. The summed E-state index contributed by atoms with van der Waals surface area (Å²) in [6.07, 6.45) is 9.52. The van der Waals surface area contributed by atoms with E-state index in [2.05, 4.69) is 5.32 Å². The Morgan fingerprint density at radius 2 is 1.54 bits per heavy atom. The highest BCUT2D eigenvalue weighted by atomic mass is 32.2. The molecule has 0 aromatic carbocycles. The molecule has 0 spiro atoms. The van der Waals surface area contributed by atoms with Crippen molar-refractivity contribution in [3.05, 3.63) is 0 Å². The molecule has 3 fully saturated rings. The number of carbonyl (C=O) groups excluding carboxylic acids is 2. The van der Waals surface area contributed by atoms with Crippen LogP contribution in [0.3, 0.4) is 0 Å². The maximum atomic E-state index is 12.9. The number of hydrogen-bond donors (Lipinski definition) is 1. The van der Waals surface area contributed by atoms with Gasteiger partial charge in [0, 0.05) is 31.6 Å². The van der Waals surface area contributed by atoms with E-state index in [0.29, 0.717) is 32.5 Å². The lowest BCUT2D eigenvalue weighted by molar-refractivity contribution is -0.142. The minimum Gasteiger partial charge on any atom is -0.352 e. The highest BCUT2D eigenvalue weighted by molar-refractivity contribution is 7.88. The van der Waals surface area contributed by atoms with Gasteiger partial charge in [0.15, 0.2) is 0 Å². The average molecular weight is 386 g/mol. The lowest BCUT2D eigenvalue weighted by Gasteiger charge is -2.34. The third-order valence-corrected chi connectivity index (χ3v) is 7.37. The number of amides is 2. The van der Waals surface area contributed by atoms with Gasteiger partial charge >= 0.3 is 0 Å². The van der Waals surface area contributed by atoms with Crippen molar-refractivity contribution in [2.24, 2.45) is 5.92 Å². The summed E-state index contributed by atoms with van der Waals surface area (Å²) < 4.78 is 24.7. The molecule has 1 N–H and O–H groups in total. The van der Waals surface area contributed by atoms with Crippen LogP contribution in [0.5, 0.6) is 0 Å². The molecule has 8 heteroatoms. The Labute approximate surface area is 156 Å². The van der Waals surface area contributed by atoms with E-state index in [-0.39, 0.29) is 29.8 Å². The quantitative estimate of drug-likeness (QED) is 0.785. The summed E-state index contributed by atoms with van der Waals surface area (Å²) in [5.74, 6) is -0.146. The normalized spacial score (nSPS) is 26.8. The van der Waals surface area contributed by atoms with Crippen molar-refractivity contribution < 1.29 is 18.0 Å². The van der Waals surface area contributed by atoms with Gasteiger partial charge in [-0.05, 0) is 38.5 Å². The van der Waals surface area contributed by atoms with Crippen LogP contribution in [0.2, 0.25) is 0 Å². The van der Waals surface area contributed by atoms with Gasteiger partial charge in [0.1, 0.15) is 6.04 Å². The molecule has 3 rings (SSSR count). The number of nitrogens with one attached hydrogen (secondary N) is 1. The second kappa shape index (κ2) is 8.25. The Hall–Kier alpha value is -1.15. The second-order valence-electron chi connectivity index (χ2n) is 7.97. The maximum absolute atomic E-state index is 12.9. The molecule has 0 unspecified atom stereocenters. The molecule has 0 aromatic heterocycles. The van der Waals surface area contributed by atoms with Crippen molar-refractivity contribution in [1.29, 1.82) is 0 Å². The van der Waals surface area contributed by atoms with Crippen molar-refractivity contribution in [1.82, 2.24) is 14.5 Å². The molecule has 2 amide bonds. The van der Waals surface area contributed by atoms with E-state index >= 15 is 0 Å². The third-order valence-electron chi connectivity index (χ3n) is 6.06. The van der Waals surface area contributed by atoms with Gasteiger partial charge in [0.05, 0.1) is 6.26 Å². The summed E-state index contributed by atoms with van der Waals surface area (Å²) in [5, 5.41) is 3.16. The van der Waals surface area contributed by atoms with Crippen LogP contribution < -0.4 is 5.32 Å². The summed E-state index contributed by atoms with van der Waals surface area (Å²) in [6, 6.07) is -0.0934. The van der Waals surface area contributed by atoms with Gasteiger partial charge in [-0.2, -0.15) is 0 Å². The van der Waals surface area contributed by atoms with E-state index in [1.807, 2.05) is 0 Å². The summed E-state index contributed by atoms with van der Waals surface area (Å²) in [7, 11) is -3.19. The fourth-order valence-corrected chi connectivity index (χ4v) is 5.39. The first kappa shape index (κ1) is 19.6. The number of carbonyl (C=O) groups is 2. The minimum atomic E-state index is -3.19. The van der Waals surface area contributed by atoms with Gasteiger partial charge in [-0.25, -0.2) is 12.7 Å². The van der Waals surface area contributed by atoms with Crippen LogP contribution in [0.1, 0.15) is 57.8 Å². The molecule has 2 saturated heterocycles. The van der Waals surface area contributed by atoms with Gasteiger partial charge in [-0.15, -0.1) is 0 Å². The summed E-state index contributed by atoms with van der Waals surface area (Å²) in [4.78, 5) is 27.4. The van der Waals surface area contributed by atoms with Crippen LogP contribution in [-0.4, -0.2) is 67.4 Å². The lowest BCUT2D eigenvalue weighted by atomic mass is 9.94. The van der Waals surface area contributed by atoms with Crippen molar-refractivity contribution >= 4 is 21.8 Å². The minimum absolute atomic E-state index is 0.00341. The third kappa shape index (κ3) is 4.57. The van der Waals surface area contributed by atoms with E-state index in [9.17, 15) is 18.0 Å². The van der Waals surface area contributed by atoms with Gasteiger partial charge in [-0.1, -0.05) is 19.3 Å². The van der Waals surface area contributed by atoms with Gasteiger partial charge < -0.3 is 10.2 Å². The Balaban J connectivity index is 1.55. The molecule has 7 nitrogen and oxygen atoms in total. The molecular formula is C18H31N3O4S. The van der Waals surface area contributed by atoms with E-state index in [1.165, 1.54) is 17.0 Å². The molecule has 2 aliphatic heterocycles. The average Bonchev–Trinajstić information content (AvgIpc) is 3.11. The molecule has 1 aliphatic carbocycles. The van der Waals surface area contributed by atoms with Crippen LogP contribution in [0.25, 0.3) is 0 Å². The SMILES string of the molecule is CS(=O)(=O)N1CCC(C(=O)N2CCC[C@H]2C(=O)NC2CCCCC2)CC1. The van der Waals surface area contributed by atoms with Crippen molar-refractivity contribution in [3.8, 4) is 0 Å². The van der Waals surface area contributed by atoms with Crippen LogP contribution >= 0.6 is 0 Å². The van der Waals surface area contributed by atoms with Gasteiger partial charge in [0.25, 0.3) is 0 Å². The standard InChI is InChI=1S/C18H31N3O4S/c1-26(24,25)20-12-9-14(10-13-20)18(23)21-11-5-8-16(21)17(22)19-15-6-3-2-4-7-15/h14-16H,2-13H2,1H3,(H,19,22)/t16-/m0/s1. The number of rotatable bonds is 4. The fourth-order valence-electron chi connectivity index (χ4n) is 4.52. The molecule has 2 heterocycles. The summed E-state index contributed by atoms with van der Waals surface area (Å²) >= 11 is 0. The Bertz CT molecular complexity index is 622. The van der Waals surface area contributed by atoms with E-state index < -0.39 is 10.0 Å². The van der Waals surface area contributed by atoms with Crippen LogP contribution in [0.4, 0.5) is 0 Å². The molecule has 0 aromatic rings. The number of sulfonamides is 1. The van der Waals surface area contributed by atoms with Crippen molar-refractivity contribution in [3.63, 3.8) is 0 Å². The van der Waals surface area contributed by atoms with Gasteiger partial charge in [0.2, 0.25) is 21.8 Å². The zero-order valence-electron chi connectivity index (χ0n) is 15.7. The van der Waals surface area contributed by atoms with E-state index in [4.69, 9.17) is 0 Å². The molecule has 0 bridgehead atoms. The zero-order chi connectivity index (χ0) is 18.7. The monoisotopic (exact) mass is 385 g/mol. The Morgan fingerprint density at radius 3 is 2.15 bits per heavy atom. The first-order valence-electron chi connectivity index (χ1n) is 9.92. The molecular weight excluding hydrogens is 354 g/mol. The number of nitrogens with zero attached hydrogens (tertiary/aromatic N) is 2. The predicted molar refractivity (Wildman–Crippen MR) is 98.9 cm³/mol. The first-order valence-corrected chi connectivity index (χ1v) is 11.8. The lowest BCUT2D eigenvalue weighted by Crippen LogP contribution is -2.51. The molecule has 3 aliphatic rings. The van der Waals surface area contributed by atoms with Crippen molar-refractivity contribution in [2.45, 2.75) is 69.9 Å². The van der Waals surface area contributed by atoms with E-state index in [1.54, 1.807) is 4.90 Å². The van der Waals surface area contributed by atoms with E-state index in [0.717, 1.165) is 38.5 Å².